The Kier molecular flexibility index (Phi) is 7.17. The molecule has 13 nitrogen and oxygen atoms in total. The molecule has 0 fully saturated rings. The molecule has 0 aliphatic carbocycles. The van der Waals surface area contributed by atoms with Gasteiger partial charge >= 0.3 is 30.4 Å². The molecular weight excluding hydrogens is 378 g/mol. The van der Waals surface area contributed by atoms with Crippen molar-refractivity contribution in [1.29, 1.82) is 0 Å². The first kappa shape index (κ1) is 21.6. The molecule has 0 bridgehead atoms. The fourth-order valence-electron chi connectivity index (χ4n) is 1.31. The Balaban J connectivity index is 5.01. The van der Waals surface area contributed by atoms with E-state index < -0.39 is 54.3 Å². The minimum atomic E-state index is -5.30. The molecule has 0 heterocycles. The standard InChI is InChI=1S/C4H15NO12P4/c6-18(7,8)3(19(9,10)11)1-2-5-4(20(12,13)14)21(15,16)17/h3-5H,1-2H2,(H2,6,7,8)(H2,9,10,11)(H2,12,13,14)(H2,15,16,17). The number of hydrogen-bond donors (Lipinski definition) is 9. The molecule has 0 aromatic heterocycles. The maximum atomic E-state index is 10.9. The normalized spacial score (nSPS) is 15.0. The summed E-state index contributed by atoms with van der Waals surface area (Å²) in [6.45, 7) is -0.859. The zero-order valence-corrected chi connectivity index (χ0v) is 13.6. The highest BCUT2D eigenvalue weighted by Crippen LogP contribution is 2.61. The van der Waals surface area contributed by atoms with Crippen molar-refractivity contribution in [2.24, 2.45) is 0 Å². The molecular formula is C4H15NO12P4. The maximum Gasteiger partial charge on any atom is 0.354 e. The van der Waals surface area contributed by atoms with E-state index in [1.165, 1.54) is 0 Å². The first-order chi connectivity index (χ1) is 8.97. The first-order valence-corrected chi connectivity index (χ1v) is 11.6. The summed E-state index contributed by atoms with van der Waals surface area (Å²) in [6.07, 6.45) is -0.967. The monoisotopic (exact) mass is 393 g/mol. The summed E-state index contributed by atoms with van der Waals surface area (Å²) in [7, 11) is -21.1. The summed E-state index contributed by atoms with van der Waals surface area (Å²) < 4.78 is 43.6. The van der Waals surface area contributed by atoms with Crippen LogP contribution < -0.4 is 5.32 Å². The zero-order chi connectivity index (χ0) is 17.3. The number of rotatable bonds is 8. The molecule has 0 radical (unpaired) electrons. The van der Waals surface area contributed by atoms with Gasteiger partial charge in [0, 0.05) is 0 Å². The van der Waals surface area contributed by atoms with Crippen molar-refractivity contribution in [3.63, 3.8) is 0 Å². The van der Waals surface area contributed by atoms with Gasteiger partial charge < -0.3 is 39.1 Å². The van der Waals surface area contributed by atoms with Gasteiger partial charge in [-0.15, -0.1) is 0 Å². The summed E-state index contributed by atoms with van der Waals surface area (Å²) in [4.78, 5) is 70.1. The Hall–Kier alpha value is 0.560. The fourth-order valence-corrected chi connectivity index (χ4v) is 6.11. The molecule has 9 N–H and O–H groups in total. The molecule has 0 aliphatic rings. The van der Waals surface area contributed by atoms with Gasteiger partial charge in [-0.2, -0.15) is 0 Å². The lowest BCUT2D eigenvalue weighted by molar-refractivity contribution is 0.326. The van der Waals surface area contributed by atoms with Crippen LogP contribution in [-0.2, 0) is 18.3 Å². The summed E-state index contributed by atoms with van der Waals surface area (Å²) in [5, 5.41) is -0.791. The molecule has 0 unspecified atom stereocenters. The van der Waals surface area contributed by atoms with Crippen LogP contribution in [0.25, 0.3) is 0 Å². The predicted molar refractivity (Wildman–Crippen MR) is 68.4 cm³/mol. The van der Waals surface area contributed by atoms with Crippen LogP contribution in [0.4, 0.5) is 0 Å². The van der Waals surface area contributed by atoms with Crippen LogP contribution in [0, 0.1) is 0 Å². The van der Waals surface area contributed by atoms with Crippen LogP contribution in [0.1, 0.15) is 6.42 Å². The van der Waals surface area contributed by atoms with Crippen LogP contribution in [-0.4, -0.2) is 56.6 Å². The summed E-state index contributed by atoms with van der Waals surface area (Å²) in [5.41, 5.74) is -2.64. The highest BCUT2D eigenvalue weighted by Gasteiger charge is 2.45. The summed E-state index contributed by atoms with van der Waals surface area (Å²) in [6, 6.07) is 0. The topological polar surface area (TPSA) is 242 Å². The predicted octanol–water partition coefficient (Wildman–Crippen LogP) is -1.71. The van der Waals surface area contributed by atoms with Gasteiger partial charge in [0.05, 0.1) is 0 Å². The van der Waals surface area contributed by atoms with E-state index in [0.717, 1.165) is 0 Å². The molecule has 0 saturated heterocycles. The molecule has 0 rings (SSSR count). The maximum absolute atomic E-state index is 10.9. The smallest absolute Gasteiger partial charge is 0.324 e. The third-order valence-electron chi connectivity index (χ3n) is 2.14. The summed E-state index contributed by atoms with van der Waals surface area (Å²) in [5.74, 6) is 0. The Morgan fingerprint density at radius 2 is 1.00 bits per heavy atom. The van der Waals surface area contributed by atoms with E-state index >= 15 is 0 Å². The van der Waals surface area contributed by atoms with Crippen molar-refractivity contribution in [2.45, 2.75) is 17.3 Å². The average Bonchev–Trinajstić information content (AvgIpc) is 2.07. The molecule has 0 aliphatic heterocycles. The highest BCUT2D eigenvalue weighted by atomic mass is 31.2. The van der Waals surface area contributed by atoms with Crippen molar-refractivity contribution in [3.8, 4) is 0 Å². The van der Waals surface area contributed by atoms with Crippen LogP contribution >= 0.6 is 30.4 Å². The molecule has 0 atom stereocenters. The van der Waals surface area contributed by atoms with Gasteiger partial charge in [0.15, 0.2) is 5.40 Å². The van der Waals surface area contributed by atoms with Crippen LogP contribution in [0.5, 0.6) is 0 Å². The third-order valence-corrected chi connectivity index (χ3v) is 9.46. The van der Waals surface area contributed by atoms with Crippen molar-refractivity contribution in [3.05, 3.63) is 0 Å². The minimum absolute atomic E-state index is 0.859. The Bertz CT molecular complexity index is 443. The third kappa shape index (κ3) is 7.58. The van der Waals surface area contributed by atoms with E-state index in [1.54, 1.807) is 5.32 Å². The Labute approximate surface area is 118 Å². The molecule has 0 spiro atoms. The molecule has 21 heavy (non-hydrogen) atoms. The Morgan fingerprint density at radius 3 is 1.24 bits per heavy atom. The lowest BCUT2D eigenvalue weighted by Gasteiger charge is -2.23. The molecule has 0 saturated carbocycles. The Morgan fingerprint density at radius 1 is 0.667 bits per heavy atom. The van der Waals surface area contributed by atoms with Gasteiger partial charge in [0.2, 0.25) is 5.52 Å². The molecule has 0 aromatic rings. The molecule has 0 aromatic carbocycles. The van der Waals surface area contributed by atoms with Crippen molar-refractivity contribution >= 4 is 30.4 Å². The van der Waals surface area contributed by atoms with E-state index in [0.29, 0.717) is 0 Å². The zero-order valence-electron chi connectivity index (χ0n) is 10.1. The van der Waals surface area contributed by atoms with E-state index in [9.17, 15) is 18.3 Å². The largest absolute Gasteiger partial charge is 0.354 e. The quantitative estimate of drug-likeness (QED) is 0.209. The number of nitrogens with one attached hydrogen (secondary N) is 1. The van der Waals surface area contributed by atoms with Gasteiger partial charge in [-0.1, -0.05) is 0 Å². The lowest BCUT2D eigenvalue weighted by Crippen LogP contribution is -2.31. The van der Waals surface area contributed by atoms with Gasteiger partial charge in [-0.3, -0.25) is 23.6 Å². The second-order valence-corrected chi connectivity index (χ2v) is 11.8. The van der Waals surface area contributed by atoms with Crippen molar-refractivity contribution < 1.29 is 57.4 Å². The minimum Gasteiger partial charge on any atom is -0.324 e. The van der Waals surface area contributed by atoms with E-state index in [4.69, 9.17) is 39.1 Å². The van der Waals surface area contributed by atoms with Gasteiger partial charge in [0.1, 0.15) is 0 Å². The van der Waals surface area contributed by atoms with E-state index in [1.807, 2.05) is 0 Å². The highest BCUT2D eigenvalue weighted by molar-refractivity contribution is 7.71. The second kappa shape index (κ2) is 6.98. The fraction of sp³-hybridized carbons (Fsp3) is 1.00. The molecule has 128 valence electrons. The average molecular weight is 393 g/mol. The van der Waals surface area contributed by atoms with Crippen LogP contribution in [0.3, 0.4) is 0 Å². The van der Waals surface area contributed by atoms with Crippen LogP contribution in [0.15, 0.2) is 0 Å². The number of hydrogen-bond acceptors (Lipinski definition) is 5. The van der Waals surface area contributed by atoms with Crippen molar-refractivity contribution in [1.82, 2.24) is 5.32 Å². The second-order valence-electron chi connectivity index (χ2n) is 3.95. The van der Waals surface area contributed by atoms with Gasteiger partial charge in [-0.25, -0.2) is 0 Å². The summed E-state index contributed by atoms with van der Waals surface area (Å²) >= 11 is 0. The first-order valence-electron chi connectivity index (χ1n) is 4.91. The van der Waals surface area contributed by atoms with Crippen molar-refractivity contribution in [2.75, 3.05) is 6.54 Å². The van der Waals surface area contributed by atoms with E-state index in [2.05, 4.69) is 0 Å². The van der Waals surface area contributed by atoms with E-state index in [-0.39, 0.29) is 0 Å². The van der Waals surface area contributed by atoms with Gasteiger partial charge in [-0.05, 0) is 13.0 Å². The molecule has 17 heteroatoms. The molecule has 0 amide bonds. The van der Waals surface area contributed by atoms with Gasteiger partial charge in [0.25, 0.3) is 0 Å². The SMILES string of the molecule is O=P(O)(O)C(CCNC(P(=O)(O)O)P(=O)(O)O)P(=O)(O)O. The van der Waals surface area contributed by atoms with Crippen LogP contribution in [0.2, 0.25) is 0 Å². The lowest BCUT2D eigenvalue weighted by atomic mass is 10.5.